The highest BCUT2D eigenvalue weighted by Crippen LogP contribution is 2.28. The summed E-state index contributed by atoms with van der Waals surface area (Å²) in [6, 6.07) is 6.71. The van der Waals surface area contributed by atoms with Crippen molar-refractivity contribution in [3.63, 3.8) is 0 Å². The summed E-state index contributed by atoms with van der Waals surface area (Å²) in [7, 11) is 0. The van der Waals surface area contributed by atoms with Crippen LogP contribution in [0.2, 0.25) is 0 Å². The van der Waals surface area contributed by atoms with Crippen LogP contribution >= 0.6 is 11.8 Å². The van der Waals surface area contributed by atoms with Gasteiger partial charge in [0, 0.05) is 4.90 Å². The van der Waals surface area contributed by atoms with E-state index in [-0.39, 0.29) is 0 Å². The molecule has 0 N–H and O–H groups in total. The Labute approximate surface area is 77.7 Å². The molecule has 1 heterocycles. The van der Waals surface area contributed by atoms with Crippen LogP contribution in [-0.4, -0.2) is 0 Å². The standard InChI is InChI=1S/C11H12S/c1-9-5-6-11-10(8-9)4-2-3-7-12-11/h3,5-8H,2,4H2,1H3. The lowest BCUT2D eigenvalue weighted by Gasteiger charge is -2.04. The van der Waals surface area contributed by atoms with E-state index in [1.54, 1.807) is 0 Å². The summed E-state index contributed by atoms with van der Waals surface area (Å²) in [5.74, 6) is 0. The van der Waals surface area contributed by atoms with Crippen LogP contribution in [0.5, 0.6) is 0 Å². The van der Waals surface area contributed by atoms with Crippen LogP contribution in [0, 0.1) is 6.92 Å². The molecule has 1 aromatic carbocycles. The maximum absolute atomic E-state index is 2.30. The van der Waals surface area contributed by atoms with Crippen molar-refractivity contribution in [2.75, 3.05) is 0 Å². The fourth-order valence-corrected chi connectivity index (χ4v) is 2.28. The Kier molecular flexibility index (Phi) is 2.22. The van der Waals surface area contributed by atoms with Gasteiger partial charge in [-0.25, -0.2) is 0 Å². The average Bonchev–Trinajstić information content (AvgIpc) is 2.28. The van der Waals surface area contributed by atoms with E-state index in [0.717, 1.165) is 0 Å². The molecule has 0 saturated carbocycles. The summed E-state index contributed by atoms with van der Waals surface area (Å²) in [4.78, 5) is 1.43. The molecule has 62 valence electrons. The van der Waals surface area contributed by atoms with Gasteiger partial charge < -0.3 is 0 Å². The van der Waals surface area contributed by atoms with Gasteiger partial charge in [-0.2, -0.15) is 0 Å². The van der Waals surface area contributed by atoms with Gasteiger partial charge in [-0.3, -0.25) is 0 Å². The van der Waals surface area contributed by atoms with E-state index >= 15 is 0 Å². The molecule has 0 amide bonds. The van der Waals surface area contributed by atoms with E-state index in [4.69, 9.17) is 0 Å². The van der Waals surface area contributed by atoms with Crippen LogP contribution in [0.1, 0.15) is 17.5 Å². The topological polar surface area (TPSA) is 0 Å². The molecule has 0 fully saturated rings. The van der Waals surface area contributed by atoms with Crippen LogP contribution in [-0.2, 0) is 6.42 Å². The van der Waals surface area contributed by atoms with E-state index in [2.05, 4.69) is 36.6 Å². The molecule has 0 bridgehead atoms. The van der Waals surface area contributed by atoms with Gasteiger partial charge in [0.25, 0.3) is 0 Å². The van der Waals surface area contributed by atoms with Gasteiger partial charge in [0.2, 0.25) is 0 Å². The van der Waals surface area contributed by atoms with Gasteiger partial charge in [-0.1, -0.05) is 35.5 Å². The molecule has 0 nitrogen and oxygen atoms in total. The second-order valence-electron chi connectivity index (χ2n) is 3.14. The van der Waals surface area contributed by atoms with E-state index in [9.17, 15) is 0 Å². The fourth-order valence-electron chi connectivity index (χ4n) is 1.45. The van der Waals surface area contributed by atoms with Crippen molar-refractivity contribution < 1.29 is 0 Å². The van der Waals surface area contributed by atoms with Gasteiger partial charge in [-0.05, 0) is 36.8 Å². The molecule has 0 saturated heterocycles. The molecular weight excluding hydrogens is 164 g/mol. The molecule has 0 unspecified atom stereocenters. The molecule has 12 heavy (non-hydrogen) atoms. The van der Waals surface area contributed by atoms with Crippen molar-refractivity contribution in [1.29, 1.82) is 0 Å². The third-order valence-corrected chi connectivity index (χ3v) is 3.07. The summed E-state index contributed by atoms with van der Waals surface area (Å²) in [6.45, 7) is 2.16. The maximum Gasteiger partial charge on any atom is 0.0148 e. The summed E-state index contributed by atoms with van der Waals surface area (Å²) >= 11 is 1.84. The van der Waals surface area contributed by atoms with Crippen LogP contribution in [0.15, 0.2) is 34.6 Å². The Bertz CT molecular complexity index is 313. The number of hydrogen-bond donors (Lipinski definition) is 0. The first kappa shape index (κ1) is 7.93. The maximum atomic E-state index is 2.30. The number of hydrogen-bond acceptors (Lipinski definition) is 1. The van der Waals surface area contributed by atoms with Crippen LogP contribution in [0.4, 0.5) is 0 Å². The van der Waals surface area contributed by atoms with Crippen LogP contribution < -0.4 is 0 Å². The molecule has 0 aliphatic carbocycles. The first-order chi connectivity index (χ1) is 5.86. The van der Waals surface area contributed by atoms with Crippen molar-refractivity contribution in [1.82, 2.24) is 0 Å². The molecule has 0 aromatic heterocycles. The van der Waals surface area contributed by atoms with E-state index in [1.165, 1.54) is 28.9 Å². The highest BCUT2D eigenvalue weighted by molar-refractivity contribution is 8.02. The number of allylic oxidation sites excluding steroid dienone is 1. The third-order valence-electron chi connectivity index (χ3n) is 2.09. The molecule has 2 rings (SSSR count). The average molecular weight is 176 g/mol. The minimum Gasteiger partial charge on any atom is -0.0981 e. The largest absolute Gasteiger partial charge is 0.0981 e. The second-order valence-corrected chi connectivity index (χ2v) is 4.09. The zero-order chi connectivity index (χ0) is 8.39. The minimum absolute atomic E-state index is 1.18. The number of benzene rings is 1. The van der Waals surface area contributed by atoms with E-state index < -0.39 is 0 Å². The Hall–Kier alpha value is -0.690. The SMILES string of the molecule is Cc1ccc2c(c1)CCC=CS2. The molecule has 1 heteroatoms. The highest BCUT2D eigenvalue weighted by Gasteiger charge is 2.03. The lowest BCUT2D eigenvalue weighted by atomic mass is 10.1. The number of rotatable bonds is 0. The van der Waals surface area contributed by atoms with Crippen molar-refractivity contribution >= 4 is 11.8 Å². The number of fused-ring (bicyclic) bond motifs is 1. The van der Waals surface area contributed by atoms with Gasteiger partial charge in [0.1, 0.15) is 0 Å². The lowest BCUT2D eigenvalue weighted by Crippen LogP contribution is -1.86. The summed E-state index contributed by atoms with van der Waals surface area (Å²) in [5.41, 5.74) is 2.88. The van der Waals surface area contributed by atoms with Gasteiger partial charge >= 0.3 is 0 Å². The number of thioether (sulfide) groups is 1. The van der Waals surface area contributed by atoms with E-state index in [1.807, 2.05) is 11.8 Å². The monoisotopic (exact) mass is 176 g/mol. The first-order valence-corrected chi connectivity index (χ1v) is 5.15. The first-order valence-electron chi connectivity index (χ1n) is 4.27. The normalized spacial score (nSPS) is 15.4. The summed E-state index contributed by atoms with van der Waals surface area (Å²) < 4.78 is 0. The Morgan fingerprint density at radius 1 is 1.33 bits per heavy atom. The van der Waals surface area contributed by atoms with Crippen molar-refractivity contribution in [2.45, 2.75) is 24.7 Å². The predicted octanol–water partition coefficient (Wildman–Crippen LogP) is 3.55. The molecule has 1 aliphatic rings. The highest BCUT2D eigenvalue weighted by atomic mass is 32.2. The minimum atomic E-state index is 1.18. The molecule has 0 spiro atoms. The zero-order valence-corrected chi connectivity index (χ0v) is 8.03. The zero-order valence-electron chi connectivity index (χ0n) is 7.21. The molecular formula is C11H12S. The molecule has 1 aliphatic heterocycles. The van der Waals surface area contributed by atoms with Gasteiger partial charge in [0.15, 0.2) is 0 Å². The quantitative estimate of drug-likeness (QED) is 0.582. The summed E-state index contributed by atoms with van der Waals surface area (Å²) in [5, 5.41) is 2.20. The number of aryl methyl sites for hydroxylation is 2. The lowest BCUT2D eigenvalue weighted by molar-refractivity contribution is 0.974. The summed E-state index contributed by atoms with van der Waals surface area (Å²) in [6.07, 6.45) is 4.63. The molecule has 0 radical (unpaired) electrons. The van der Waals surface area contributed by atoms with Crippen LogP contribution in [0.25, 0.3) is 0 Å². The predicted molar refractivity (Wildman–Crippen MR) is 54.5 cm³/mol. The Morgan fingerprint density at radius 3 is 3.17 bits per heavy atom. The van der Waals surface area contributed by atoms with Gasteiger partial charge in [0.05, 0.1) is 0 Å². The fraction of sp³-hybridized carbons (Fsp3) is 0.273. The third kappa shape index (κ3) is 1.56. The Balaban J connectivity index is 2.42. The smallest absolute Gasteiger partial charge is 0.0148 e. The van der Waals surface area contributed by atoms with Crippen molar-refractivity contribution in [3.8, 4) is 0 Å². The molecule has 1 aromatic rings. The van der Waals surface area contributed by atoms with Crippen LogP contribution in [0.3, 0.4) is 0 Å². The Morgan fingerprint density at radius 2 is 2.25 bits per heavy atom. The molecule has 0 atom stereocenters. The van der Waals surface area contributed by atoms with E-state index in [0.29, 0.717) is 0 Å². The van der Waals surface area contributed by atoms with Crippen molar-refractivity contribution in [2.24, 2.45) is 0 Å². The van der Waals surface area contributed by atoms with Gasteiger partial charge in [-0.15, -0.1) is 0 Å². The second kappa shape index (κ2) is 3.36. The van der Waals surface area contributed by atoms with Crippen molar-refractivity contribution in [3.05, 3.63) is 40.8 Å².